The summed E-state index contributed by atoms with van der Waals surface area (Å²) in [6, 6.07) is 15.6. The zero-order valence-corrected chi connectivity index (χ0v) is 18.3. The number of nitrogens with zero attached hydrogens (tertiary/aromatic N) is 4. The fraction of sp³-hybridized carbons (Fsp3) is 0.381. The lowest BCUT2D eigenvalue weighted by atomic mass is 10.2. The van der Waals surface area contributed by atoms with Gasteiger partial charge in [-0.25, -0.2) is 0 Å². The molecule has 9 heteroatoms. The second-order valence-corrected chi connectivity index (χ2v) is 6.75. The molecule has 0 aliphatic rings. The lowest BCUT2D eigenvalue weighted by Crippen LogP contribution is -2.17. The molecule has 0 saturated heterocycles. The minimum absolute atomic E-state index is 0. The third-order valence-corrected chi connectivity index (χ3v) is 4.15. The first-order valence-electron chi connectivity index (χ1n) is 9.68. The Morgan fingerprint density at radius 2 is 1.87 bits per heavy atom. The van der Waals surface area contributed by atoms with Gasteiger partial charge in [0, 0.05) is 13.2 Å². The molecule has 0 aliphatic heterocycles. The summed E-state index contributed by atoms with van der Waals surface area (Å²) in [5.74, 6) is 1.17. The van der Waals surface area contributed by atoms with Crippen molar-refractivity contribution in [3.63, 3.8) is 0 Å². The Hall–Kier alpha value is -2.68. The molecule has 0 aliphatic carbocycles. The Morgan fingerprint density at radius 3 is 2.60 bits per heavy atom. The summed E-state index contributed by atoms with van der Waals surface area (Å²) in [5, 5.41) is 15.1. The van der Waals surface area contributed by atoms with Gasteiger partial charge < -0.3 is 19.5 Å². The fourth-order valence-corrected chi connectivity index (χ4v) is 2.73. The van der Waals surface area contributed by atoms with E-state index in [4.69, 9.17) is 14.2 Å². The Bertz CT molecular complexity index is 889. The van der Waals surface area contributed by atoms with Gasteiger partial charge in [-0.15, -0.1) is 12.4 Å². The lowest BCUT2D eigenvalue weighted by Gasteiger charge is -2.12. The second-order valence-electron chi connectivity index (χ2n) is 6.75. The fourth-order valence-electron chi connectivity index (χ4n) is 2.73. The minimum atomic E-state index is 0. The van der Waals surface area contributed by atoms with Crippen molar-refractivity contribution in [3.05, 3.63) is 54.1 Å². The molecule has 0 atom stereocenters. The average Bonchev–Trinajstić information content (AvgIpc) is 3.20. The van der Waals surface area contributed by atoms with E-state index in [9.17, 15) is 0 Å². The van der Waals surface area contributed by atoms with E-state index in [2.05, 4.69) is 20.8 Å². The molecular formula is C21H28ClN5O3. The monoisotopic (exact) mass is 433 g/mol. The summed E-state index contributed by atoms with van der Waals surface area (Å²) in [6.45, 7) is 6.47. The van der Waals surface area contributed by atoms with E-state index in [1.54, 1.807) is 7.11 Å². The predicted octanol–water partition coefficient (Wildman–Crippen LogP) is 3.79. The van der Waals surface area contributed by atoms with Crippen LogP contribution in [0.3, 0.4) is 0 Å². The first-order valence-corrected chi connectivity index (χ1v) is 9.68. The maximum absolute atomic E-state index is 5.93. The van der Waals surface area contributed by atoms with Crippen molar-refractivity contribution in [3.8, 4) is 23.2 Å². The third-order valence-electron chi connectivity index (χ3n) is 4.15. The Morgan fingerprint density at radius 1 is 1.07 bits per heavy atom. The van der Waals surface area contributed by atoms with Crippen LogP contribution in [0.5, 0.6) is 17.5 Å². The summed E-state index contributed by atoms with van der Waals surface area (Å²) in [5.41, 5.74) is 1.91. The highest BCUT2D eigenvalue weighted by molar-refractivity contribution is 5.85. The maximum Gasteiger partial charge on any atom is 0.346 e. The summed E-state index contributed by atoms with van der Waals surface area (Å²) in [7, 11) is 1.61. The topological polar surface area (TPSA) is 83.3 Å². The Kier molecular flexibility index (Phi) is 9.53. The maximum atomic E-state index is 5.93. The van der Waals surface area contributed by atoms with E-state index in [0.717, 1.165) is 37.4 Å². The summed E-state index contributed by atoms with van der Waals surface area (Å²) < 4.78 is 18.5. The first kappa shape index (κ1) is 23.6. The molecule has 1 heterocycles. The molecule has 0 radical (unpaired) electrons. The zero-order chi connectivity index (χ0) is 20.5. The number of hydrogen-bond acceptors (Lipinski definition) is 7. The lowest BCUT2D eigenvalue weighted by molar-refractivity contribution is 0.0770. The van der Waals surface area contributed by atoms with Crippen LogP contribution in [0.2, 0.25) is 0 Å². The van der Waals surface area contributed by atoms with Gasteiger partial charge in [-0.3, -0.25) is 0 Å². The van der Waals surface area contributed by atoms with Gasteiger partial charge in [-0.05, 0) is 67.1 Å². The van der Waals surface area contributed by atoms with Gasteiger partial charge in [0.05, 0.1) is 18.9 Å². The van der Waals surface area contributed by atoms with Crippen LogP contribution in [-0.2, 0) is 11.3 Å². The van der Waals surface area contributed by atoms with E-state index in [1.807, 2.05) is 62.4 Å². The molecule has 2 aromatic carbocycles. The molecule has 0 amide bonds. The van der Waals surface area contributed by atoms with Crippen LogP contribution in [0.4, 0.5) is 0 Å². The quantitative estimate of drug-likeness (QED) is 0.460. The number of ether oxygens (including phenoxy) is 3. The molecule has 0 bridgehead atoms. The van der Waals surface area contributed by atoms with E-state index < -0.39 is 0 Å². The zero-order valence-electron chi connectivity index (χ0n) is 17.4. The highest BCUT2D eigenvalue weighted by Crippen LogP contribution is 2.32. The molecule has 0 fully saturated rings. The molecule has 162 valence electrons. The number of rotatable bonds is 11. The minimum Gasteiger partial charge on any atom is -0.493 e. The second kappa shape index (κ2) is 12.1. The van der Waals surface area contributed by atoms with Crippen LogP contribution in [-0.4, -0.2) is 46.6 Å². The molecule has 30 heavy (non-hydrogen) atoms. The summed E-state index contributed by atoms with van der Waals surface area (Å²) >= 11 is 0. The van der Waals surface area contributed by atoms with E-state index in [-0.39, 0.29) is 24.5 Å². The number of tetrazole rings is 1. The van der Waals surface area contributed by atoms with Gasteiger partial charge in [0.1, 0.15) is 0 Å². The number of para-hydroxylation sites is 1. The largest absolute Gasteiger partial charge is 0.493 e. The highest BCUT2D eigenvalue weighted by atomic mass is 35.5. The molecule has 8 nitrogen and oxygen atoms in total. The molecule has 0 unspecified atom stereocenters. The standard InChI is InChI=1S/C21H27N5O3.ClH/c1-16(2)28-13-7-12-22-15-17-10-11-19(20(14-17)27-3)29-21-23-24-25-26(21)18-8-5-4-6-9-18;/h4-6,8-11,14,16,22H,7,12-13,15H2,1-3H3;1H. The number of aromatic nitrogens is 4. The van der Waals surface area contributed by atoms with Crippen LogP contribution in [0.25, 0.3) is 5.69 Å². The number of halogens is 1. The molecule has 3 rings (SSSR count). The van der Waals surface area contributed by atoms with E-state index in [0.29, 0.717) is 11.5 Å². The summed E-state index contributed by atoms with van der Waals surface area (Å²) in [6.07, 6.45) is 1.24. The SMILES string of the molecule is COc1cc(CNCCCOC(C)C)ccc1Oc1nnnn1-c1ccccc1.Cl. The van der Waals surface area contributed by atoms with Gasteiger partial charge in [0.15, 0.2) is 11.5 Å². The van der Waals surface area contributed by atoms with Gasteiger partial charge in [0.2, 0.25) is 0 Å². The van der Waals surface area contributed by atoms with Crippen molar-refractivity contribution < 1.29 is 14.2 Å². The van der Waals surface area contributed by atoms with Gasteiger partial charge in [0.25, 0.3) is 0 Å². The first-order chi connectivity index (χ1) is 14.2. The normalized spacial score (nSPS) is 10.7. The molecule has 0 spiro atoms. The number of benzene rings is 2. The van der Waals surface area contributed by atoms with Crippen LogP contribution in [0.15, 0.2) is 48.5 Å². The third kappa shape index (κ3) is 6.69. The smallest absolute Gasteiger partial charge is 0.346 e. The van der Waals surface area contributed by atoms with Crippen LogP contribution in [0, 0.1) is 0 Å². The van der Waals surface area contributed by atoms with E-state index in [1.165, 1.54) is 4.68 Å². The number of nitrogens with one attached hydrogen (secondary N) is 1. The van der Waals surface area contributed by atoms with Crippen molar-refractivity contribution in [1.82, 2.24) is 25.5 Å². The molecule has 3 aromatic rings. The van der Waals surface area contributed by atoms with Crippen molar-refractivity contribution in [2.24, 2.45) is 0 Å². The van der Waals surface area contributed by atoms with Gasteiger partial charge in [-0.1, -0.05) is 29.4 Å². The molecular weight excluding hydrogens is 406 g/mol. The summed E-state index contributed by atoms with van der Waals surface area (Å²) in [4.78, 5) is 0. The van der Waals surface area contributed by atoms with Crippen molar-refractivity contribution in [2.45, 2.75) is 32.9 Å². The number of methoxy groups -OCH3 is 1. The Labute approximate surface area is 182 Å². The average molecular weight is 434 g/mol. The number of hydrogen-bond donors (Lipinski definition) is 1. The van der Waals surface area contributed by atoms with E-state index >= 15 is 0 Å². The van der Waals surface area contributed by atoms with Crippen LogP contribution in [0.1, 0.15) is 25.8 Å². The van der Waals surface area contributed by atoms with Crippen LogP contribution >= 0.6 is 12.4 Å². The van der Waals surface area contributed by atoms with Crippen molar-refractivity contribution in [2.75, 3.05) is 20.3 Å². The predicted molar refractivity (Wildman–Crippen MR) is 117 cm³/mol. The van der Waals surface area contributed by atoms with Crippen LogP contribution < -0.4 is 14.8 Å². The van der Waals surface area contributed by atoms with Gasteiger partial charge >= 0.3 is 6.01 Å². The molecule has 0 saturated carbocycles. The highest BCUT2D eigenvalue weighted by Gasteiger charge is 2.14. The Balaban J connectivity index is 0.00000320. The van der Waals surface area contributed by atoms with Crippen molar-refractivity contribution >= 4 is 12.4 Å². The van der Waals surface area contributed by atoms with Gasteiger partial charge in [-0.2, -0.15) is 4.68 Å². The van der Waals surface area contributed by atoms with Crippen molar-refractivity contribution in [1.29, 1.82) is 0 Å². The molecule has 1 aromatic heterocycles. The molecule has 1 N–H and O–H groups in total.